The van der Waals surface area contributed by atoms with Gasteiger partial charge in [-0.2, -0.15) is 0 Å². The van der Waals surface area contributed by atoms with Crippen molar-refractivity contribution in [3.8, 4) is 5.75 Å². The molecule has 1 N–H and O–H groups in total. The Bertz CT molecular complexity index is 881. The summed E-state index contributed by atoms with van der Waals surface area (Å²) in [7, 11) is 0. The second-order valence-corrected chi connectivity index (χ2v) is 4.03. The average Bonchev–Trinajstić information content (AvgIpc) is 2.38. The zero-order chi connectivity index (χ0) is 13.6. The van der Waals surface area contributed by atoms with E-state index < -0.39 is 10.5 Å². The first-order chi connectivity index (χ1) is 9.08. The Morgan fingerprint density at radius 1 is 1.16 bits per heavy atom. The highest BCUT2D eigenvalue weighted by atomic mass is 16.6. The first kappa shape index (κ1) is 11.2. The number of non-ortho nitro benzene ring substituents is 1. The van der Waals surface area contributed by atoms with E-state index >= 15 is 0 Å². The van der Waals surface area contributed by atoms with Gasteiger partial charge in [0.15, 0.2) is 0 Å². The molecule has 0 saturated heterocycles. The van der Waals surface area contributed by atoms with Gasteiger partial charge in [-0.1, -0.05) is 6.07 Å². The van der Waals surface area contributed by atoms with Gasteiger partial charge in [-0.05, 0) is 18.2 Å². The molecule has 3 rings (SSSR count). The maximum atomic E-state index is 11.8. The van der Waals surface area contributed by atoms with Crippen molar-refractivity contribution in [2.24, 2.45) is 0 Å². The molecule has 0 saturated carbocycles. The lowest BCUT2D eigenvalue weighted by atomic mass is 10.1. The van der Waals surface area contributed by atoms with Crippen LogP contribution in [0.5, 0.6) is 5.75 Å². The zero-order valence-corrected chi connectivity index (χ0v) is 9.49. The molecule has 0 aliphatic heterocycles. The number of benzene rings is 2. The maximum absolute atomic E-state index is 11.8. The lowest BCUT2D eigenvalue weighted by molar-refractivity contribution is -0.384. The van der Waals surface area contributed by atoms with Crippen molar-refractivity contribution < 1.29 is 14.4 Å². The predicted molar refractivity (Wildman–Crippen MR) is 68.3 cm³/mol. The maximum Gasteiger partial charge on any atom is 0.344 e. The first-order valence-corrected chi connectivity index (χ1v) is 5.41. The van der Waals surface area contributed by atoms with Crippen molar-refractivity contribution in [3.05, 3.63) is 56.9 Å². The van der Waals surface area contributed by atoms with Gasteiger partial charge in [0.05, 0.1) is 15.7 Å². The van der Waals surface area contributed by atoms with Gasteiger partial charge >= 0.3 is 5.63 Å². The van der Waals surface area contributed by atoms with Crippen molar-refractivity contribution in [2.45, 2.75) is 0 Å². The number of nitro benzene ring substituents is 1. The normalized spacial score (nSPS) is 10.9. The lowest BCUT2D eigenvalue weighted by Crippen LogP contribution is -2.00. The highest BCUT2D eigenvalue weighted by molar-refractivity contribution is 6.07. The van der Waals surface area contributed by atoms with Crippen molar-refractivity contribution in [2.75, 3.05) is 0 Å². The fraction of sp³-hybridized carbons (Fsp3) is 0. The van der Waals surface area contributed by atoms with Crippen LogP contribution >= 0.6 is 0 Å². The summed E-state index contributed by atoms with van der Waals surface area (Å²) in [5.74, 6) is -0.0416. The molecule has 1 heterocycles. The minimum atomic E-state index is -0.670. The topological polar surface area (TPSA) is 93.6 Å². The summed E-state index contributed by atoms with van der Waals surface area (Å²) in [6.07, 6.45) is 0. The molecular weight excluding hydrogens is 250 g/mol. The third kappa shape index (κ3) is 1.61. The number of hydrogen-bond donors (Lipinski definition) is 1. The van der Waals surface area contributed by atoms with Crippen LogP contribution in [0.3, 0.4) is 0 Å². The molecule has 1 aromatic heterocycles. The molecule has 94 valence electrons. The molecule has 0 radical (unpaired) electrons. The lowest BCUT2D eigenvalue weighted by Gasteiger charge is -2.03. The average molecular weight is 257 g/mol. The van der Waals surface area contributed by atoms with Gasteiger partial charge < -0.3 is 9.52 Å². The fourth-order valence-electron chi connectivity index (χ4n) is 2.06. The SMILES string of the molecule is O=c1oc2cccc(O)c2c2ccc([N+](=O)[O-])cc12. The van der Waals surface area contributed by atoms with E-state index in [2.05, 4.69) is 0 Å². The Morgan fingerprint density at radius 2 is 1.95 bits per heavy atom. The largest absolute Gasteiger partial charge is 0.507 e. The summed E-state index contributed by atoms with van der Waals surface area (Å²) in [5, 5.41) is 21.4. The van der Waals surface area contributed by atoms with Gasteiger partial charge in [0.2, 0.25) is 0 Å². The third-order valence-corrected chi connectivity index (χ3v) is 2.91. The molecule has 0 amide bonds. The quantitative estimate of drug-likeness (QED) is 0.313. The van der Waals surface area contributed by atoms with Crippen LogP contribution < -0.4 is 5.63 Å². The molecule has 0 unspecified atom stereocenters. The van der Waals surface area contributed by atoms with Gasteiger partial charge in [0.1, 0.15) is 11.3 Å². The minimum absolute atomic E-state index is 0.0416. The summed E-state index contributed by atoms with van der Waals surface area (Å²) >= 11 is 0. The molecule has 0 aliphatic rings. The van der Waals surface area contributed by atoms with Crippen LogP contribution in [0, 0.1) is 10.1 Å². The monoisotopic (exact) mass is 257 g/mol. The van der Waals surface area contributed by atoms with E-state index in [1.54, 1.807) is 12.1 Å². The Balaban J connectivity index is 2.55. The van der Waals surface area contributed by atoms with Crippen LogP contribution in [0.2, 0.25) is 0 Å². The van der Waals surface area contributed by atoms with Crippen LogP contribution in [0.15, 0.2) is 45.6 Å². The van der Waals surface area contributed by atoms with Crippen molar-refractivity contribution in [3.63, 3.8) is 0 Å². The van der Waals surface area contributed by atoms with Crippen LogP contribution in [-0.4, -0.2) is 10.0 Å². The standard InChI is InChI=1S/C13H7NO5/c15-10-2-1-3-11-12(10)8-5-4-7(14(17)18)6-9(8)13(16)19-11/h1-6,15H. The third-order valence-electron chi connectivity index (χ3n) is 2.91. The summed E-state index contributed by atoms with van der Waals surface area (Å²) < 4.78 is 5.05. The smallest absolute Gasteiger partial charge is 0.344 e. The molecule has 2 aromatic carbocycles. The molecule has 0 fully saturated rings. The number of fused-ring (bicyclic) bond motifs is 3. The molecule has 6 heteroatoms. The van der Waals surface area contributed by atoms with Crippen LogP contribution in [0.1, 0.15) is 0 Å². The number of hydrogen-bond acceptors (Lipinski definition) is 5. The van der Waals surface area contributed by atoms with E-state index in [9.17, 15) is 20.0 Å². The van der Waals surface area contributed by atoms with E-state index in [4.69, 9.17) is 4.42 Å². The number of nitrogens with zero attached hydrogens (tertiary/aromatic N) is 1. The Kier molecular flexibility index (Phi) is 2.25. The molecule has 3 aromatic rings. The van der Waals surface area contributed by atoms with Crippen LogP contribution in [0.4, 0.5) is 5.69 Å². The summed E-state index contributed by atoms with van der Waals surface area (Å²) in [5.41, 5.74) is -0.627. The molecule has 0 spiro atoms. The summed E-state index contributed by atoms with van der Waals surface area (Å²) in [6, 6.07) is 8.44. The van der Waals surface area contributed by atoms with Gasteiger partial charge in [-0.15, -0.1) is 0 Å². The van der Waals surface area contributed by atoms with Gasteiger partial charge in [0.25, 0.3) is 5.69 Å². The number of aromatic hydroxyl groups is 1. The molecule has 0 atom stereocenters. The van der Waals surface area contributed by atoms with E-state index in [1.807, 2.05) is 0 Å². The highest BCUT2D eigenvalue weighted by Crippen LogP contribution is 2.31. The van der Waals surface area contributed by atoms with Crippen LogP contribution in [-0.2, 0) is 0 Å². The highest BCUT2D eigenvalue weighted by Gasteiger charge is 2.14. The second-order valence-electron chi connectivity index (χ2n) is 4.03. The van der Waals surface area contributed by atoms with E-state index in [0.29, 0.717) is 10.8 Å². The molecule has 6 nitrogen and oxygen atoms in total. The number of phenolic OH excluding ortho intramolecular Hbond substituents is 1. The van der Waals surface area contributed by atoms with E-state index in [0.717, 1.165) is 6.07 Å². The number of nitro groups is 1. The Labute approximate surface area is 105 Å². The molecule has 0 aliphatic carbocycles. The molecule has 19 heavy (non-hydrogen) atoms. The van der Waals surface area contributed by atoms with Crippen molar-refractivity contribution in [1.29, 1.82) is 0 Å². The molecule has 0 bridgehead atoms. The van der Waals surface area contributed by atoms with Crippen molar-refractivity contribution >= 4 is 27.4 Å². The zero-order valence-electron chi connectivity index (χ0n) is 9.49. The molecular formula is C13H7NO5. The Morgan fingerprint density at radius 3 is 2.68 bits per heavy atom. The van der Waals surface area contributed by atoms with Crippen LogP contribution in [0.25, 0.3) is 21.7 Å². The van der Waals surface area contributed by atoms with Gasteiger partial charge in [0, 0.05) is 17.5 Å². The summed E-state index contributed by atoms with van der Waals surface area (Å²) in [6.45, 7) is 0. The van der Waals surface area contributed by atoms with Gasteiger partial charge in [-0.3, -0.25) is 10.1 Å². The van der Waals surface area contributed by atoms with E-state index in [1.165, 1.54) is 18.2 Å². The van der Waals surface area contributed by atoms with Crippen molar-refractivity contribution in [1.82, 2.24) is 0 Å². The first-order valence-electron chi connectivity index (χ1n) is 5.41. The second kappa shape index (κ2) is 3.81. The van der Waals surface area contributed by atoms with Gasteiger partial charge in [-0.25, -0.2) is 4.79 Å². The number of phenols is 1. The minimum Gasteiger partial charge on any atom is -0.507 e. The number of rotatable bonds is 1. The summed E-state index contributed by atoms with van der Waals surface area (Å²) in [4.78, 5) is 21.9. The fourth-order valence-corrected chi connectivity index (χ4v) is 2.06. The van der Waals surface area contributed by atoms with E-state index in [-0.39, 0.29) is 22.4 Å². The predicted octanol–water partition coefficient (Wildman–Crippen LogP) is 2.56. The Hall–Kier alpha value is -2.89.